The van der Waals surface area contributed by atoms with E-state index in [9.17, 15) is 0 Å². The van der Waals surface area contributed by atoms with Crippen molar-refractivity contribution in [2.45, 2.75) is 33.8 Å². The SMILES string of the molecule is CC.CCN(C)CC(C)OC. The molecule has 0 rings (SSSR count). The molecule has 0 radical (unpaired) electrons. The summed E-state index contributed by atoms with van der Waals surface area (Å²) in [4.78, 5) is 2.23. The van der Waals surface area contributed by atoms with E-state index in [4.69, 9.17) is 4.74 Å². The number of hydrogen-bond acceptors (Lipinski definition) is 2. The lowest BCUT2D eigenvalue weighted by Crippen LogP contribution is -2.28. The van der Waals surface area contributed by atoms with E-state index in [1.807, 2.05) is 13.8 Å². The van der Waals surface area contributed by atoms with Crippen LogP contribution in [0.4, 0.5) is 0 Å². The van der Waals surface area contributed by atoms with Crippen LogP contribution in [-0.4, -0.2) is 38.3 Å². The molecule has 0 heterocycles. The third kappa shape index (κ3) is 9.92. The molecule has 11 heavy (non-hydrogen) atoms. The quantitative estimate of drug-likeness (QED) is 0.625. The zero-order valence-corrected chi connectivity index (χ0v) is 8.85. The van der Waals surface area contributed by atoms with Crippen molar-refractivity contribution in [3.8, 4) is 0 Å². The Hall–Kier alpha value is -0.0800. The molecule has 0 bridgehead atoms. The van der Waals surface area contributed by atoms with Crippen molar-refractivity contribution in [3.63, 3.8) is 0 Å². The van der Waals surface area contributed by atoms with Crippen LogP contribution in [0.1, 0.15) is 27.7 Å². The largest absolute Gasteiger partial charge is 0.380 e. The summed E-state index contributed by atoms with van der Waals surface area (Å²) in [5, 5.41) is 0. The fraction of sp³-hybridized carbons (Fsp3) is 1.00. The van der Waals surface area contributed by atoms with Crippen LogP contribution >= 0.6 is 0 Å². The van der Waals surface area contributed by atoms with Crippen LogP contribution in [-0.2, 0) is 4.74 Å². The zero-order valence-electron chi connectivity index (χ0n) is 8.85. The highest BCUT2D eigenvalue weighted by atomic mass is 16.5. The van der Waals surface area contributed by atoms with Gasteiger partial charge in [0.25, 0.3) is 0 Å². The maximum Gasteiger partial charge on any atom is 0.0669 e. The van der Waals surface area contributed by atoms with Crippen LogP contribution in [0.15, 0.2) is 0 Å². The fourth-order valence-corrected chi connectivity index (χ4v) is 0.643. The number of rotatable bonds is 4. The molecule has 2 nitrogen and oxygen atoms in total. The smallest absolute Gasteiger partial charge is 0.0669 e. The Bertz CT molecular complexity index is 58.6. The van der Waals surface area contributed by atoms with E-state index in [-0.39, 0.29) is 0 Å². The van der Waals surface area contributed by atoms with E-state index in [1.54, 1.807) is 7.11 Å². The van der Waals surface area contributed by atoms with Gasteiger partial charge in [-0.15, -0.1) is 0 Å². The molecule has 0 aromatic carbocycles. The molecular formula is C9H23NO. The molecule has 0 aliphatic rings. The van der Waals surface area contributed by atoms with Gasteiger partial charge >= 0.3 is 0 Å². The van der Waals surface area contributed by atoms with Gasteiger partial charge in [-0.1, -0.05) is 20.8 Å². The van der Waals surface area contributed by atoms with Gasteiger partial charge in [0.05, 0.1) is 6.10 Å². The minimum atomic E-state index is 0.356. The summed E-state index contributed by atoms with van der Waals surface area (Å²) in [5.41, 5.74) is 0. The molecule has 0 aliphatic heterocycles. The molecule has 0 saturated carbocycles. The molecule has 0 fully saturated rings. The van der Waals surface area contributed by atoms with Crippen LogP contribution in [0.2, 0.25) is 0 Å². The van der Waals surface area contributed by atoms with Crippen molar-refractivity contribution in [1.82, 2.24) is 4.90 Å². The van der Waals surface area contributed by atoms with Crippen molar-refractivity contribution >= 4 is 0 Å². The molecule has 1 atom stereocenters. The number of ether oxygens (including phenoxy) is 1. The maximum absolute atomic E-state index is 5.08. The topological polar surface area (TPSA) is 12.5 Å². The highest BCUT2D eigenvalue weighted by molar-refractivity contribution is 4.54. The van der Waals surface area contributed by atoms with Gasteiger partial charge in [0.1, 0.15) is 0 Å². The van der Waals surface area contributed by atoms with E-state index < -0.39 is 0 Å². The Morgan fingerprint density at radius 1 is 1.36 bits per heavy atom. The summed E-state index contributed by atoms with van der Waals surface area (Å²) in [6, 6.07) is 0. The van der Waals surface area contributed by atoms with Gasteiger partial charge in [0.15, 0.2) is 0 Å². The van der Waals surface area contributed by atoms with E-state index in [1.165, 1.54) is 0 Å². The molecule has 1 unspecified atom stereocenters. The normalized spacial score (nSPS) is 12.3. The fourth-order valence-electron chi connectivity index (χ4n) is 0.643. The van der Waals surface area contributed by atoms with Crippen molar-refractivity contribution in [1.29, 1.82) is 0 Å². The van der Waals surface area contributed by atoms with Crippen LogP contribution < -0.4 is 0 Å². The van der Waals surface area contributed by atoms with Gasteiger partial charge in [-0.2, -0.15) is 0 Å². The standard InChI is InChI=1S/C7H17NO.C2H6/c1-5-8(3)6-7(2)9-4;1-2/h7H,5-6H2,1-4H3;1-2H3. The molecule has 0 amide bonds. The second-order valence-corrected chi connectivity index (χ2v) is 2.40. The van der Waals surface area contributed by atoms with Gasteiger partial charge in [-0.05, 0) is 20.5 Å². The Labute approximate surface area is 71.5 Å². The zero-order chi connectivity index (χ0) is 9.28. The lowest BCUT2D eigenvalue weighted by atomic mass is 10.4. The lowest BCUT2D eigenvalue weighted by Gasteiger charge is -2.17. The first-order chi connectivity index (χ1) is 5.20. The molecule has 0 spiro atoms. The first kappa shape index (κ1) is 13.5. The number of nitrogens with zero attached hydrogens (tertiary/aromatic N) is 1. The highest BCUT2D eigenvalue weighted by Gasteiger charge is 2.00. The van der Waals surface area contributed by atoms with Crippen molar-refractivity contribution < 1.29 is 4.74 Å². The molecule has 0 aliphatic carbocycles. The van der Waals surface area contributed by atoms with Gasteiger partial charge in [-0.3, -0.25) is 0 Å². The predicted molar refractivity (Wildman–Crippen MR) is 51.0 cm³/mol. The Morgan fingerprint density at radius 2 is 1.82 bits per heavy atom. The second kappa shape index (κ2) is 9.92. The van der Waals surface area contributed by atoms with Gasteiger partial charge in [-0.25, -0.2) is 0 Å². The molecular weight excluding hydrogens is 138 g/mol. The number of likely N-dealkylation sites (N-methyl/N-ethyl adjacent to an activating group) is 1. The van der Waals surface area contributed by atoms with E-state index in [2.05, 4.69) is 25.8 Å². The van der Waals surface area contributed by atoms with Crippen LogP contribution in [0.3, 0.4) is 0 Å². The second-order valence-electron chi connectivity index (χ2n) is 2.40. The third-order valence-corrected chi connectivity index (χ3v) is 1.51. The van der Waals surface area contributed by atoms with E-state index >= 15 is 0 Å². The summed E-state index contributed by atoms with van der Waals surface area (Å²) < 4.78 is 5.08. The molecule has 70 valence electrons. The number of methoxy groups -OCH3 is 1. The van der Waals surface area contributed by atoms with Crippen LogP contribution in [0.25, 0.3) is 0 Å². The minimum Gasteiger partial charge on any atom is -0.380 e. The molecule has 2 heteroatoms. The summed E-state index contributed by atoms with van der Waals surface area (Å²) in [5.74, 6) is 0. The monoisotopic (exact) mass is 161 g/mol. The summed E-state index contributed by atoms with van der Waals surface area (Å²) in [6.45, 7) is 10.3. The van der Waals surface area contributed by atoms with E-state index in [0.717, 1.165) is 13.1 Å². The summed E-state index contributed by atoms with van der Waals surface area (Å²) in [6.07, 6.45) is 0.356. The molecule has 0 N–H and O–H groups in total. The average Bonchev–Trinajstić information content (AvgIpc) is 2.07. The van der Waals surface area contributed by atoms with Crippen molar-refractivity contribution in [3.05, 3.63) is 0 Å². The predicted octanol–water partition coefficient (Wildman–Crippen LogP) is 2.00. The maximum atomic E-state index is 5.08. The first-order valence-corrected chi connectivity index (χ1v) is 4.42. The Kier molecular flexibility index (Phi) is 12.2. The number of hydrogen-bond donors (Lipinski definition) is 0. The Morgan fingerprint density at radius 3 is 2.09 bits per heavy atom. The van der Waals surface area contributed by atoms with Gasteiger partial charge < -0.3 is 9.64 Å². The van der Waals surface area contributed by atoms with Crippen LogP contribution in [0, 0.1) is 0 Å². The highest BCUT2D eigenvalue weighted by Crippen LogP contribution is 1.90. The van der Waals surface area contributed by atoms with Gasteiger partial charge in [0, 0.05) is 13.7 Å². The third-order valence-electron chi connectivity index (χ3n) is 1.51. The lowest BCUT2D eigenvalue weighted by molar-refractivity contribution is 0.0873. The first-order valence-electron chi connectivity index (χ1n) is 4.42. The van der Waals surface area contributed by atoms with E-state index in [0.29, 0.717) is 6.10 Å². The van der Waals surface area contributed by atoms with Crippen LogP contribution in [0.5, 0.6) is 0 Å². The molecule has 0 aromatic heterocycles. The molecule has 0 saturated heterocycles. The Balaban J connectivity index is 0. The van der Waals surface area contributed by atoms with Crippen molar-refractivity contribution in [2.75, 3.05) is 27.2 Å². The summed E-state index contributed by atoms with van der Waals surface area (Å²) in [7, 11) is 3.84. The average molecular weight is 161 g/mol. The summed E-state index contributed by atoms with van der Waals surface area (Å²) >= 11 is 0. The van der Waals surface area contributed by atoms with Gasteiger partial charge in [0.2, 0.25) is 0 Å². The van der Waals surface area contributed by atoms with Crippen molar-refractivity contribution in [2.24, 2.45) is 0 Å². The molecule has 0 aromatic rings. The minimum absolute atomic E-state index is 0.356.